The highest BCUT2D eigenvalue weighted by Gasteiger charge is 2.08. The van der Waals surface area contributed by atoms with Crippen molar-refractivity contribution >= 4 is 46.1 Å². The molecule has 7 heteroatoms. The molecule has 5 nitrogen and oxygen atoms in total. The van der Waals surface area contributed by atoms with E-state index in [-0.39, 0.29) is 25.0 Å². The van der Waals surface area contributed by atoms with E-state index in [1.54, 1.807) is 36.4 Å². The van der Waals surface area contributed by atoms with Crippen LogP contribution in [0.1, 0.15) is 15.2 Å². The van der Waals surface area contributed by atoms with Crippen LogP contribution in [0.5, 0.6) is 0 Å². The first-order chi connectivity index (χ1) is 13.1. The van der Waals surface area contributed by atoms with Gasteiger partial charge in [0, 0.05) is 16.4 Å². The van der Waals surface area contributed by atoms with Gasteiger partial charge in [0.05, 0.1) is 11.5 Å². The zero-order valence-electron chi connectivity index (χ0n) is 14.3. The molecule has 0 aliphatic carbocycles. The minimum absolute atomic E-state index is 0.100. The fourth-order valence-electron chi connectivity index (χ4n) is 2.34. The first kappa shape index (κ1) is 19.1. The van der Waals surface area contributed by atoms with Crippen molar-refractivity contribution in [2.24, 2.45) is 0 Å². The van der Waals surface area contributed by atoms with Gasteiger partial charge in [0.25, 0.3) is 5.91 Å². The van der Waals surface area contributed by atoms with Crippen LogP contribution >= 0.6 is 22.9 Å². The van der Waals surface area contributed by atoms with Gasteiger partial charge < -0.3 is 15.4 Å². The number of ether oxygens (including phenoxy) is 1. The third kappa shape index (κ3) is 5.65. The Kier molecular flexibility index (Phi) is 6.59. The number of amides is 2. The third-order valence-electron chi connectivity index (χ3n) is 3.60. The average Bonchev–Trinajstić information content (AvgIpc) is 3.18. The lowest BCUT2D eigenvalue weighted by Crippen LogP contribution is -2.18. The fraction of sp³-hybridized carbons (Fsp3) is 0.100. The van der Waals surface area contributed by atoms with Crippen LogP contribution in [0, 0.1) is 0 Å². The van der Waals surface area contributed by atoms with E-state index in [1.165, 1.54) is 11.3 Å². The molecule has 138 valence electrons. The van der Waals surface area contributed by atoms with Gasteiger partial charge in [-0.3, -0.25) is 9.59 Å². The molecule has 0 unspecified atom stereocenters. The van der Waals surface area contributed by atoms with E-state index < -0.39 is 0 Å². The molecule has 2 aromatic carbocycles. The van der Waals surface area contributed by atoms with Crippen molar-refractivity contribution in [3.8, 4) is 0 Å². The maximum atomic E-state index is 12.1. The van der Waals surface area contributed by atoms with Crippen molar-refractivity contribution in [1.82, 2.24) is 0 Å². The highest BCUT2D eigenvalue weighted by molar-refractivity contribution is 7.12. The van der Waals surface area contributed by atoms with Crippen molar-refractivity contribution in [2.45, 2.75) is 6.61 Å². The second-order valence-electron chi connectivity index (χ2n) is 5.64. The molecule has 0 aliphatic heterocycles. The maximum absolute atomic E-state index is 12.1. The number of halogens is 1. The Morgan fingerprint density at radius 3 is 2.48 bits per heavy atom. The Balaban J connectivity index is 1.50. The molecule has 2 N–H and O–H groups in total. The lowest BCUT2D eigenvalue weighted by atomic mass is 10.2. The summed E-state index contributed by atoms with van der Waals surface area (Å²) in [6.45, 7) is 0.154. The van der Waals surface area contributed by atoms with Gasteiger partial charge in [-0.2, -0.15) is 0 Å². The van der Waals surface area contributed by atoms with Crippen LogP contribution in [-0.2, 0) is 16.1 Å². The molecule has 0 fully saturated rings. The van der Waals surface area contributed by atoms with Crippen LogP contribution in [0.3, 0.4) is 0 Å². The number of rotatable bonds is 7. The van der Waals surface area contributed by atoms with Crippen molar-refractivity contribution in [1.29, 1.82) is 0 Å². The SMILES string of the molecule is O=C(COCc1ccccc1Cl)Nc1cccc(NC(=O)c2cccs2)c1. The van der Waals surface area contributed by atoms with Gasteiger partial charge >= 0.3 is 0 Å². The zero-order chi connectivity index (χ0) is 19.1. The van der Waals surface area contributed by atoms with Crippen LogP contribution in [0.4, 0.5) is 11.4 Å². The quantitative estimate of drug-likeness (QED) is 0.598. The summed E-state index contributed by atoms with van der Waals surface area (Å²) in [7, 11) is 0. The van der Waals surface area contributed by atoms with Crippen LogP contribution in [0.15, 0.2) is 66.0 Å². The summed E-state index contributed by atoms with van der Waals surface area (Å²) in [5.74, 6) is -0.472. The van der Waals surface area contributed by atoms with Gasteiger partial charge in [0.15, 0.2) is 0 Å². The number of thiophene rings is 1. The summed E-state index contributed by atoms with van der Waals surface area (Å²) in [5.41, 5.74) is 2.00. The van der Waals surface area contributed by atoms with Crippen molar-refractivity contribution in [2.75, 3.05) is 17.2 Å². The average molecular weight is 401 g/mol. The number of hydrogen-bond acceptors (Lipinski definition) is 4. The van der Waals surface area contributed by atoms with E-state index in [4.69, 9.17) is 16.3 Å². The summed E-state index contributed by atoms with van der Waals surface area (Å²) in [5, 5.41) is 7.99. The molecule has 0 radical (unpaired) electrons. The molecular weight excluding hydrogens is 384 g/mol. The lowest BCUT2D eigenvalue weighted by Gasteiger charge is -2.09. The second kappa shape index (κ2) is 9.32. The van der Waals surface area contributed by atoms with Crippen molar-refractivity contribution in [3.05, 3.63) is 81.5 Å². The Morgan fingerprint density at radius 1 is 0.963 bits per heavy atom. The van der Waals surface area contributed by atoms with Gasteiger partial charge in [0.1, 0.15) is 6.61 Å². The number of benzene rings is 2. The predicted octanol–water partition coefficient (Wildman–Crippen LogP) is 4.81. The Bertz CT molecular complexity index is 928. The number of carbonyl (C=O) groups excluding carboxylic acids is 2. The molecule has 1 heterocycles. The minimum Gasteiger partial charge on any atom is -0.367 e. The highest BCUT2D eigenvalue weighted by atomic mass is 35.5. The van der Waals surface area contributed by atoms with Crippen LogP contribution in [0.25, 0.3) is 0 Å². The molecule has 1 aromatic heterocycles. The third-order valence-corrected chi connectivity index (χ3v) is 4.84. The van der Waals surface area contributed by atoms with E-state index in [0.29, 0.717) is 21.3 Å². The van der Waals surface area contributed by atoms with E-state index in [1.807, 2.05) is 29.6 Å². The number of anilines is 2. The van der Waals surface area contributed by atoms with E-state index in [0.717, 1.165) is 5.56 Å². The minimum atomic E-state index is -0.288. The highest BCUT2D eigenvalue weighted by Crippen LogP contribution is 2.18. The summed E-state index contributed by atoms with van der Waals surface area (Å²) >= 11 is 7.42. The summed E-state index contributed by atoms with van der Waals surface area (Å²) in [6, 6.07) is 17.8. The molecule has 0 atom stereocenters. The Labute approximate surface area is 165 Å². The molecule has 0 saturated heterocycles. The number of hydrogen-bond donors (Lipinski definition) is 2. The van der Waals surface area contributed by atoms with Gasteiger partial charge in [-0.25, -0.2) is 0 Å². The Morgan fingerprint density at radius 2 is 1.74 bits per heavy atom. The van der Waals surface area contributed by atoms with Crippen molar-refractivity contribution < 1.29 is 14.3 Å². The topological polar surface area (TPSA) is 67.4 Å². The lowest BCUT2D eigenvalue weighted by molar-refractivity contribution is -0.121. The molecular formula is C20H17ClN2O3S. The summed E-state index contributed by atoms with van der Waals surface area (Å²) in [6.07, 6.45) is 0. The molecule has 0 saturated carbocycles. The summed E-state index contributed by atoms with van der Waals surface area (Å²) in [4.78, 5) is 24.8. The van der Waals surface area contributed by atoms with E-state index >= 15 is 0 Å². The zero-order valence-corrected chi connectivity index (χ0v) is 15.8. The van der Waals surface area contributed by atoms with Crippen LogP contribution < -0.4 is 10.6 Å². The fourth-order valence-corrected chi connectivity index (χ4v) is 3.15. The molecule has 0 spiro atoms. The smallest absolute Gasteiger partial charge is 0.265 e. The number of carbonyl (C=O) groups is 2. The number of nitrogens with one attached hydrogen (secondary N) is 2. The van der Waals surface area contributed by atoms with E-state index in [2.05, 4.69) is 10.6 Å². The van der Waals surface area contributed by atoms with Gasteiger partial charge in [-0.15, -0.1) is 11.3 Å². The monoisotopic (exact) mass is 400 g/mol. The first-order valence-corrected chi connectivity index (χ1v) is 9.43. The standard InChI is InChI=1S/C20H17ClN2O3S/c21-17-8-2-1-5-14(17)12-26-13-19(24)22-15-6-3-7-16(11-15)23-20(25)18-9-4-10-27-18/h1-11H,12-13H2,(H,22,24)(H,23,25). The predicted molar refractivity (Wildman–Crippen MR) is 108 cm³/mol. The molecule has 2 amide bonds. The summed E-state index contributed by atoms with van der Waals surface area (Å²) < 4.78 is 5.41. The maximum Gasteiger partial charge on any atom is 0.265 e. The van der Waals surface area contributed by atoms with Crippen LogP contribution in [0.2, 0.25) is 5.02 Å². The van der Waals surface area contributed by atoms with Crippen LogP contribution in [-0.4, -0.2) is 18.4 Å². The normalized spacial score (nSPS) is 10.4. The largest absolute Gasteiger partial charge is 0.367 e. The van der Waals surface area contributed by atoms with Gasteiger partial charge in [0.2, 0.25) is 5.91 Å². The first-order valence-electron chi connectivity index (χ1n) is 8.18. The van der Waals surface area contributed by atoms with Gasteiger partial charge in [-0.05, 0) is 41.3 Å². The molecule has 0 bridgehead atoms. The van der Waals surface area contributed by atoms with Crippen molar-refractivity contribution in [3.63, 3.8) is 0 Å². The molecule has 0 aliphatic rings. The second-order valence-corrected chi connectivity index (χ2v) is 7.00. The molecule has 3 rings (SSSR count). The molecule has 3 aromatic rings. The molecule has 27 heavy (non-hydrogen) atoms. The Hall–Kier alpha value is -2.67. The van der Waals surface area contributed by atoms with E-state index in [9.17, 15) is 9.59 Å². The van der Waals surface area contributed by atoms with Gasteiger partial charge in [-0.1, -0.05) is 41.9 Å².